The lowest BCUT2D eigenvalue weighted by Gasteiger charge is -2.24. The summed E-state index contributed by atoms with van der Waals surface area (Å²) in [6.45, 7) is 2.22. The Balaban J connectivity index is 0.00000361. The van der Waals surface area contributed by atoms with E-state index < -0.39 is 27.0 Å². The van der Waals surface area contributed by atoms with Crippen LogP contribution in [0.4, 0.5) is 0 Å². The highest BCUT2D eigenvalue weighted by Crippen LogP contribution is 2.17. The molecule has 20 heavy (non-hydrogen) atoms. The average Bonchev–Trinajstić information content (AvgIpc) is 2.33. The molecular weight excluding hydrogens is 310 g/mol. The number of halogens is 1. The molecule has 1 rings (SSSR count). The van der Waals surface area contributed by atoms with Crippen LogP contribution in [0.5, 0.6) is 0 Å². The molecule has 0 spiro atoms. The number of carbonyl (C=O) groups excluding carboxylic acids is 1. The number of hydrogen-bond donors (Lipinski definition) is 2. The van der Waals surface area contributed by atoms with Crippen molar-refractivity contribution < 1.29 is 27.9 Å². The Labute approximate surface area is 123 Å². The second kappa shape index (κ2) is 8.23. The summed E-state index contributed by atoms with van der Waals surface area (Å²) < 4.78 is 28.6. The highest BCUT2D eigenvalue weighted by Gasteiger charge is 2.36. The van der Waals surface area contributed by atoms with Crippen molar-refractivity contribution >= 4 is 34.2 Å². The van der Waals surface area contributed by atoms with Crippen molar-refractivity contribution in [3.63, 3.8) is 0 Å². The maximum absolute atomic E-state index is 11.9. The molecular formula is C11H18ClNO6S. The molecule has 0 amide bonds. The van der Waals surface area contributed by atoms with Crippen LogP contribution in [-0.2, 0) is 24.2 Å². The molecule has 0 aromatic carbocycles. The van der Waals surface area contributed by atoms with Gasteiger partial charge in [0.15, 0.2) is 9.84 Å². The molecule has 1 saturated heterocycles. The Morgan fingerprint density at radius 3 is 2.60 bits per heavy atom. The van der Waals surface area contributed by atoms with Gasteiger partial charge in [-0.05, 0) is 6.42 Å². The Hall–Kier alpha value is -1.12. The fourth-order valence-electron chi connectivity index (χ4n) is 1.71. The van der Waals surface area contributed by atoms with Crippen molar-refractivity contribution in [2.24, 2.45) is 0 Å². The highest BCUT2D eigenvalue weighted by molar-refractivity contribution is 7.92. The van der Waals surface area contributed by atoms with Crippen molar-refractivity contribution in [3.8, 4) is 0 Å². The van der Waals surface area contributed by atoms with E-state index in [1.54, 1.807) is 6.92 Å². The Kier molecular flexibility index (Phi) is 7.77. The topological polar surface area (TPSA) is 110 Å². The Morgan fingerprint density at radius 2 is 2.10 bits per heavy atom. The number of carboxylic acids is 1. The van der Waals surface area contributed by atoms with Crippen molar-refractivity contribution in [1.29, 1.82) is 0 Å². The van der Waals surface area contributed by atoms with Gasteiger partial charge in [-0.25, -0.2) is 18.0 Å². The molecule has 0 aromatic heterocycles. The second-order valence-corrected chi connectivity index (χ2v) is 6.44. The van der Waals surface area contributed by atoms with Crippen LogP contribution in [-0.4, -0.2) is 56.2 Å². The molecule has 2 N–H and O–H groups in total. The number of aliphatic carboxylic acids is 1. The second-order valence-electron chi connectivity index (χ2n) is 4.13. The molecule has 0 radical (unpaired) electrons. The zero-order valence-corrected chi connectivity index (χ0v) is 12.6. The van der Waals surface area contributed by atoms with Crippen LogP contribution >= 0.6 is 12.4 Å². The van der Waals surface area contributed by atoms with Gasteiger partial charge in [-0.3, -0.25) is 0 Å². The SMILES string of the molecule is CCCOC(=O)/C(=C/C(=O)O)C1CNCCS1(=O)=O.Cl. The van der Waals surface area contributed by atoms with Gasteiger partial charge in [0.1, 0.15) is 5.25 Å². The molecule has 1 unspecified atom stereocenters. The zero-order chi connectivity index (χ0) is 14.5. The third-order valence-corrected chi connectivity index (χ3v) is 4.69. The lowest BCUT2D eigenvalue weighted by atomic mass is 10.1. The van der Waals surface area contributed by atoms with Crippen molar-refractivity contribution in [2.45, 2.75) is 18.6 Å². The standard InChI is InChI=1S/C11H17NO6S.ClH/c1-2-4-18-11(15)8(6-10(13)14)9-7-12-3-5-19(9,16)17;/h6,9,12H,2-5,7H2,1H3,(H,13,14);1H/b8-6+;. The summed E-state index contributed by atoms with van der Waals surface area (Å²) in [6, 6.07) is 0. The van der Waals surface area contributed by atoms with E-state index in [1.807, 2.05) is 0 Å². The van der Waals surface area contributed by atoms with E-state index in [0.29, 0.717) is 19.0 Å². The number of sulfone groups is 1. The van der Waals surface area contributed by atoms with Gasteiger partial charge in [-0.2, -0.15) is 0 Å². The predicted molar refractivity (Wildman–Crippen MR) is 74.7 cm³/mol. The van der Waals surface area contributed by atoms with Crippen LogP contribution in [0.1, 0.15) is 13.3 Å². The first-order valence-electron chi connectivity index (χ1n) is 5.92. The largest absolute Gasteiger partial charge is 0.478 e. The van der Waals surface area contributed by atoms with Gasteiger partial charge in [0.05, 0.1) is 17.9 Å². The molecule has 7 nitrogen and oxygen atoms in total. The van der Waals surface area contributed by atoms with Crippen LogP contribution in [0, 0.1) is 0 Å². The number of carboxylic acid groups (broad SMARTS) is 1. The fraction of sp³-hybridized carbons (Fsp3) is 0.636. The van der Waals surface area contributed by atoms with E-state index in [1.165, 1.54) is 0 Å². The van der Waals surface area contributed by atoms with Crippen LogP contribution in [0.25, 0.3) is 0 Å². The van der Waals surface area contributed by atoms with Gasteiger partial charge < -0.3 is 15.2 Å². The molecule has 9 heteroatoms. The lowest BCUT2D eigenvalue weighted by molar-refractivity contribution is -0.140. The molecule has 1 atom stereocenters. The smallest absolute Gasteiger partial charge is 0.335 e. The van der Waals surface area contributed by atoms with Crippen molar-refractivity contribution in [2.75, 3.05) is 25.4 Å². The number of rotatable bonds is 5. The summed E-state index contributed by atoms with van der Waals surface area (Å²) >= 11 is 0. The van der Waals surface area contributed by atoms with E-state index >= 15 is 0 Å². The maximum atomic E-state index is 11.9. The summed E-state index contributed by atoms with van der Waals surface area (Å²) in [5.74, 6) is -2.39. The molecule has 0 bridgehead atoms. The van der Waals surface area contributed by atoms with Crippen LogP contribution in [0.2, 0.25) is 0 Å². The van der Waals surface area contributed by atoms with E-state index in [2.05, 4.69) is 5.32 Å². The first-order chi connectivity index (χ1) is 8.88. The van der Waals surface area contributed by atoms with Gasteiger partial charge in [0.2, 0.25) is 0 Å². The molecule has 116 valence electrons. The first-order valence-corrected chi connectivity index (χ1v) is 7.64. The third-order valence-electron chi connectivity index (χ3n) is 2.63. The Morgan fingerprint density at radius 1 is 1.45 bits per heavy atom. The summed E-state index contributed by atoms with van der Waals surface area (Å²) in [7, 11) is -3.53. The summed E-state index contributed by atoms with van der Waals surface area (Å²) in [5, 5.41) is 10.4. The van der Waals surface area contributed by atoms with Gasteiger partial charge in [-0.1, -0.05) is 6.92 Å². The molecule has 1 fully saturated rings. The third kappa shape index (κ3) is 5.10. The quantitative estimate of drug-likeness (QED) is 0.529. The van der Waals surface area contributed by atoms with Gasteiger partial charge in [0, 0.05) is 19.2 Å². The molecule has 0 aromatic rings. The minimum Gasteiger partial charge on any atom is -0.478 e. The minimum absolute atomic E-state index is 0. The van der Waals surface area contributed by atoms with Crippen LogP contribution < -0.4 is 5.32 Å². The summed E-state index contributed by atoms with van der Waals surface area (Å²) in [4.78, 5) is 22.5. The normalized spacial score (nSPS) is 21.6. The van der Waals surface area contributed by atoms with E-state index in [-0.39, 0.29) is 36.9 Å². The lowest BCUT2D eigenvalue weighted by Crippen LogP contribution is -2.46. The van der Waals surface area contributed by atoms with E-state index in [4.69, 9.17) is 9.84 Å². The van der Waals surface area contributed by atoms with Crippen molar-refractivity contribution in [1.82, 2.24) is 5.32 Å². The zero-order valence-electron chi connectivity index (χ0n) is 11.0. The van der Waals surface area contributed by atoms with Crippen molar-refractivity contribution in [3.05, 3.63) is 11.6 Å². The van der Waals surface area contributed by atoms with Gasteiger partial charge in [0.25, 0.3) is 0 Å². The summed E-state index contributed by atoms with van der Waals surface area (Å²) in [6.07, 6.45) is 1.19. The number of ether oxygens (including phenoxy) is 1. The van der Waals surface area contributed by atoms with E-state index in [9.17, 15) is 18.0 Å². The number of carbonyl (C=O) groups is 2. The monoisotopic (exact) mass is 327 g/mol. The highest BCUT2D eigenvalue weighted by atomic mass is 35.5. The number of hydrogen-bond acceptors (Lipinski definition) is 6. The molecule has 1 aliphatic heterocycles. The molecule has 0 aliphatic carbocycles. The van der Waals surface area contributed by atoms with Gasteiger partial charge >= 0.3 is 11.9 Å². The predicted octanol–water partition coefficient (Wildman–Crippen LogP) is -0.241. The summed E-state index contributed by atoms with van der Waals surface area (Å²) in [5.41, 5.74) is -0.326. The first kappa shape index (κ1) is 18.9. The number of nitrogens with one attached hydrogen (secondary N) is 1. The number of esters is 1. The van der Waals surface area contributed by atoms with E-state index in [0.717, 1.165) is 0 Å². The fourth-order valence-corrected chi connectivity index (χ4v) is 3.35. The Bertz CT molecular complexity index is 487. The molecule has 1 aliphatic rings. The van der Waals surface area contributed by atoms with Crippen LogP contribution in [0.3, 0.4) is 0 Å². The minimum atomic E-state index is -3.53. The molecule has 0 saturated carbocycles. The maximum Gasteiger partial charge on any atom is 0.335 e. The van der Waals surface area contributed by atoms with Crippen LogP contribution in [0.15, 0.2) is 11.6 Å². The molecule has 1 heterocycles. The average molecular weight is 328 g/mol. The van der Waals surface area contributed by atoms with Gasteiger partial charge in [-0.15, -0.1) is 12.4 Å².